The maximum atomic E-state index is 12.1. The molecule has 1 aliphatic heterocycles. The van der Waals surface area contributed by atoms with Gasteiger partial charge < -0.3 is 9.55 Å². The van der Waals surface area contributed by atoms with Crippen molar-refractivity contribution in [3.05, 3.63) is 75.5 Å². The predicted octanol–water partition coefficient (Wildman–Crippen LogP) is 3.28. The van der Waals surface area contributed by atoms with E-state index in [0.29, 0.717) is 5.82 Å². The smallest absolute Gasteiger partial charge is 0.254 e. The Labute approximate surface area is 157 Å². The van der Waals surface area contributed by atoms with Gasteiger partial charge in [0.2, 0.25) is 0 Å². The van der Waals surface area contributed by atoms with Gasteiger partial charge in [0.05, 0.1) is 5.69 Å². The summed E-state index contributed by atoms with van der Waals surface area (Å²) in [7, 11) is 2.13. The molecule has 0 unspecified atom stereocenters. The van der Waals surface area contributed by atoms with E-state index in [9.17, 15) is 4.79 Å². The molecule has 0 amide bonds. The first-order chi connectivity index (χ1) is 13.1. The highest BCUT2D eigenvalue weighted by molar-refractivity contribution is 6.08. The highest BCUT2D eigenvalue weighted by Crippen LogP contribution is 2.29. The van der Waals surface area contributed by atoms with Crippen LogP contribution in [-0.2, 0) is 26.6 Å². The molecule has 0 saturated heterocycles. The minimum Gasteiger partial charge on any atom is -0.344 e. The van der Waals surface area contributed by atoms with Gasteiger partial charge in [0.15, 0.2) is 0 Å². The molecule has 2 aromatic carbocycles. The lowest BCUT2D eigenvalue weighted by Crippen LogP contribution is -2.35. The Bertz CT molecular complexity index is 1230. The molecule has 5 rings (SSSR count). The highest BCUT2D eigenvalue weighted by atomic mass is 16.1. The lowest BCUT2D eigenvalue weighted by atomic mass is 10.0. The van der Waals surface area contributed by atoms with Crippen LogP contribution in [0.5, 0.6) is 0 Å². The number of fused-ring (bicyclic) bond motifs is 4. The first-order valence-corrected chi connectivity index (χ1v) is 9.37. The number of nitrogens with one attached hydrogen (secondary N) is 1. The summed E-state index contributed by atoms with van der Waals surface area (Å²) in [5.41, 5.74) is 5.61. The summed E-state index contributed by atoms with van der Waals surface area (Å²) in [6, 6.07) is 15.3. The summed E-state index contributed by atoms with van der Waals surface area (Å²) >= 11 is 0. The molecule has 1 N–H and O–H groups in total. The molecule has 0 radical (unpaired) electrons. The predicted molar refractivity (Wildman–Crippen MR) is 108 cm³/mol. The molecule has 0 spiro atoms. The molecule has 0 fully saturated rings. The van der Waals surface area contributed by atoms with Crippen LogP contribution in [0.25, 0.3) is 21.8 Å². The molecule has 1 aliphatic rings. The van der Waals surface area contributed by atoms with Crippen molar-refractivity contribution < 1.29 is 0 Å². The topological polar surface area (TPSA) is 53.9 Å². The standard InChI is InChI=1S/C22H22N4O/c1-14-23-19-13-26(10-9-18(19)22(27)24-14)12-15-7-8-17-16-5-3-4-6-20(16)25(2)21(17)11-15/h3-8,11H,9-10,12-13H2,1-2H3,(H,23,24,27). The normalized spacial score (nSPS) is 14.7. The number of para-hydroxylation sites is 1. The molecule has 136 valence electrons. The van der Waals surface area contributed by atoms with E-state index < -0.39 is 0 Å². The Morgan fingerprint density at radius 2 is 1.93 bits per heavy atom. The van der Waals surface area contributed by atoms with Gasteiger partial charge in [0.25, 0.3) is 5.56 Å². The summed E-state index contributed by atoms with van der Waals surface area (Å²) < 4.78 is 2.27. The zero-order chi connectivity index (χ0) is 18.5. The van der Waals surface area contributed by atoms with Crippen molar-refractivity contribution >= 4 is 21.8 Å². The first kappa shape index (κ1) is 16.3. The Morgan fingerprint density at radius 3 is 2.81 bits per heavy atom. The van der Waals surface area contributed by atoms with Gasteiger partial charge in [-0.15, -0.1) is 0 Å². The number of aromatic nitrogens is 3. The number of benzene rings is 2. The quantitative estimate of drug-likeness (QED) is 0.598. The second-order valence-electron chi connectivity index (χ2n) is 7.46. The maximum absolute atomic E-state index is 12.1. The van der Waals surface area contributed by atoms with Gasteiger partial charge in [-0.25, -0.2) is 4.98 Å². The van der Waals surface area contributed by atoms with Gasteiger partial charge in [0, 0.05) is 54.1 Å². The molecule has 0 aliphatic carbocycles. The first-order valence-electron chi connectivity index (χ1n) is 9.37. The van der Waals surface area contributed by atoms with Crippen LogP contribution in [0.3, 0.4) is 0 Å². The SMILES string of the molecule is Cc1nc2c(c(=O)[nH]1)CCN(Cc1ccc3c4ccccc4n(C)c3c1)C2. The van der Waals surface area contributed by atoms with Crippen LogP contribution in [0.15, 0.2) is 47.3 Å². The highest BCUT2D eigenvalue weighted by Gasteiger charge is 2.21. The zero-order valence-corrected chi connectivity index (χ0v) is 15.6. The summed E-state index contributed by atoms with van der Waals surface area (Å²) in [4.78, 5) is 21.8. The second kappa shape index (κ2) is 6.06. The Balaban J connectivity index is 1.47. The van der Waals surface area contributed by atoms with E-state index in [-0.39, 0.29) is 5.56 Å². The second-order valence-corrected chi connectivity index (χ2v) is 7.46. The fourth-order valence-corrected chi connectivity index (χ4v) is 4.32. The van der Waals surface area contributed by atoms with E-state index >= 15 is 0 Å². The van der Waals surface area contributed by atoms with Crippen molar-refractivity contribution in [2.75, 3.05) is 6.54 Å². The van der Waals surface area contributed by atoms with Crippen LogP contribution >= 0.6 is 0 Å². The molecule has 5 heteroatoms. The molecule has 0 saturated carbocycles. The third kappa shape index (κ3) is 2.66. The van der Waals surface area contributed by atoms with E-state index in [4.69, 9.17) is 0 Å². The van der Waals surface area contributed by atoms with E-state index in [0.717, 1.165) is 37.3 Å². The average Bonchev–Trinajstić information content (AvgIpc) is 2.94. The Morgan fingerprint density at radius 1 is 1.11 bits per heavy atom. The Kier molecular flexibility index (Phi) is 3.65. The summed E-state index contributed by atoms with van der Waals surface area (Å²) in [5.74, 6) is 0.692. The van der Waals surface area contributed by atoms with Gasteiger partial charge in [0.1, 0.15) is 5.82 Å². The summed E-state index contributed by atoms with van der Waals surface area (Å²) in [5, 5.41) is 2.59. The average molecular weight is 358 g/mol. The molecule has 3 heterocycles. The Hall–Kier alpha value is -2.92. The van der Waals surface area contributed by atoms with Crippen LogP contribution in [-0.4, -0.2) is 26.0 Å². The molecular weight excluding hydrogens is 336 g/mol. The number of hydrogen-bond donors (Lipinski definition) is 1. The molecule has 0 bridgehead atoms. The molecule has 2 aromatic heterocycles. The third-order valence-corrected chi connectivity index (χ3v) is 5.66. The van der Waals surface area contributed by atoms with Crippen LogP contribution in [0.2, 0.25) is 0 Å². The zero-order valence-electron chi connectivity index (χ0n) is 15.6. The number of nitrogens with zero attached hydrogens (tertiary/aromatic N) is 3. The van der Waals surface area contributed by atoms with Crippen LogP contribution in [0.1, 0.15) is 22.6 Å². The fourth-order valence-electron chi connectivity index (χ4n) is 4.32. The number of rotatable bonds is 2. The van der Waals surface area contributed by atoms with E-state index in [1.165, 1.54) is 27.4 Å². The van der Waals surface area contributed by atoms with E-state index in [2.05, 4.69) is 68.9 Å². The minimum atomic E-state index is 0.0223. The van der Waals surface area contributed by atoms with Crippen molar-refractivity contribution in [1.82, 2.24) is 19.4 Å². The van der Waals surface area contributed by atoms with Gasteiger partial charge in [-0.2, -0.15) is 0 Å². The lowest BCUT2D eigenvalue weighted by molar-refractivity contribution is 0.240. The van der Waals surface area contributed by atoms with Gasteiger partial charge in [-0.05, 0) is 31.0 Å². The summed E-state index contributed by atoms with van der Waals surface area (Å²) in [6.07, 6.45) is 0.758. The van der Waals surface area contributed by atoms with Gasteiger partial charge in [-0.3, -0.25) is 9.69 Å². The monoisotopic (exact) mass is 358 g/mol. The lowest BCUT2D eigenvalue weighted by Gasteiger charge is -2.27. The number of aromatic amines is 1. The van der Waals surface area contributed by atoms with Crippen LogP contribution in [0, 0.1) is 6.92 Å². The number of hydrogen-bond acceptors (Lipinski definition) is 3. The van der Waals surface area contributed by atoms with Crippen LogP contribution in [0.4, 0.5) is 0 Å². The molecule has 0 atom stereocenters. The van der Waals surface area contributed by atoms with Crippen molar-refractivity contribution in [1.29, 1.82) is 0 Å². The van der Waals surface area contributed by atoms with Crippen molar-refractivity contribution in [3.8, 4) is 0 Å². The van der Waals surface area contributed by atoms with Crippen LogP contribution < -0.4 is 5.56 Å². The van der Waals surface area contributed by atoms with Gasteiger partial charge >= 0.3 is 0 Å². The molecule has 5 nitrogen and oxygen atoms in total. The van der Waals surface area contributed by atoms with E-state index in [1.54, 1.807) is 0 Å². The molecule has 4 aromatic rings. The maximum Gasteiger partial charge on any atom is 0.254 e. The third-order valence-electron chi connectivity index (χ3n) is 5.66. The number of aryl methyl sites for hydroxylation is 2. The van der Waals surface area contributed by atoms with E-state index in [1.807, 2.05) is 6.92 Å². The number of H-pyrrole nitrogens is 1. The fraction of sp³-hybridized carbons (Fsp3) is 0.273. The van der Waals surface area contributed by atoms with Crippen molar-refractivity contribution in [2.24, 2.45) is 7.05 Å². The minimum absolute atomic E-state index is 0.0223. The molecule has 27 heavy (non-hydrogen) atoms. The van der Waals surface area contributed by atoms with Crippen molar-refractivity contribution in [3.63, 3.8) is 0 Å². The molecular formula is C22H22N4O. The van der Waals surface area contributed by atoms with Crippen molar-refractivity contribution in [2.45, 2.75) is 26.4 Å². The van der Waals surface area contributed by atoms with Gasteiger partial charge in [-0.1, -0.05) is 30.3 Å². The summed E-state index contributed by atoms with van der Waals surface area (Å²) in [6.45, 7) is 4.32. The largest absolute Gasteiger partial charge is 0.344 e.